The van der Waals surface area contributed by atoms with E-state index in [1.807, 2.05) is 23.0 Å². The largest absolute Gasteiger partial charge is 0.323 e. The number of anilines is 2. The number of imidazole rings is 1. The second-order valence-corrected chi connectivity index (χ2v) is 6.10. The molecule has 2 aromatic heterocycles. The Labute approximate surface area is 131 Å². The first kappa shape index (κ1) is 12.8. The molecular formula is C16H15BrN4. The SMILES string of the molecule is Brc1cn2ccnc2c(N2CCCCc3ccccc32)n1. The Bertz CT molecular complexity index is 796. The molecule has 0 saturated heterocycles. The zero-order valence-electron chi connectivity index (χ0n) is 11.5. The van der Waals surface area contributed by atoms with Gasteiger partial charge in [-0.05, 0) is 46.8 Å². The van der Waals surface area contributed by atoms with Gasteiger partial charge in [0.1, 0.15) is 4.60 Å². The molecule has 0 spiro atoms. The van der Waals surface area contributed by atoms with E-state index in [1.165, 1.54) is 17.7 Å². The number of aryl methyl sites for hydroxylation is 1. The highest BCUT2D eigenvalue weighted by molar-refractivity contribution is 9.10. The maximum absolute atomic E-state index is 4.70. The summed E-state index contributed by atoms with van der Waals surface area (Å²) in [7, 11) is 0. The lowest BCUT2D eigenvalue weighted by molar-refractivity contribution is 0.757. The molecule has 0 N–H and O–H groups in total. The summed E-state index contributed by atoms with van der Waals surface area (Å²) in [6.07, 6.45) is 9.22. The van der Waals surface area contributed by atoms with E-state index < -0.39 is 0 Å². The molecule has 0 unspecified atom stereocenters. The van der Waals surface area contributed by atoms with Crippen LogP contribution in [0.5, 0.6) is 0 Å². The van der Waals surface area contributed by atoms with Crippen molar-refractivity contribution in [2.45, 2.75) is 19.3 Å². The molecule has 4 nitrogen and oxygen atoms in total. The van der Waals surface area contributed by atoms with E-state index >= 15 is 0 Å². The number of hydrogen-bond acceptors (Lipinski definition) is 3. The maximum Gasteiger partial charge on any atom is 0.180 e. The summed E-state index contributed by atoms with van der Waals surface area (Å²) in [5, 5.41) is 0. The third-order valence-corrected chi connectivity index (χ3v) is 4.32. The van der Waals surface area contributed by atoms with Gasteiger partial charge in [0.25, 0.3) is 0 Å². The molecule has 0 amide bonds. The summed E-state index contributed by atoms with van der Waals surface area (Å²) in [6, 6.07) is 8.61. The smallest absolute Gasteiger partial charge is 0.180 e. The van der Waals surface area contributed by atoms with Crippen LogP contribution < -0.4 is 4.90 Å². The average molecular weight is 343 g/mol. The molecule has 0 saturated carbocycles. The van der Waals surface area contributed by atoms with Crippen LogP contribution in [0, 0.1) is 0 Å². The van der Waals surface area contributed by atoms with E-state index in [2.05, 4.69) is 50.1 Å². The van der Waals surface area contributed by atoms with Crippen LogP contribution in [0.4, 0.5) is 11.5 Å². The number of fused-ring (bicyclic) bond motifs is 2. The highest BCUT2D eigenvalue weighted by atomic mass is 79.9. The Kier molecular flexibility index (Phi) is 3.15. The Morgan fingerprint density at radius 1 is 1.14 bits per heavy atom. The monoisotopic (exact) mass is 342 g/mol. The number of nitrogens with zero attached hydrogens (tertiary/aromatic N) is 4. The summed E-state index contributed by atoms with van der Waals surface area (Å²) in [5.41, 5.74) is 3.54. The van der Waals surface area contributed by atoms with Gasteiger partial charge in [-0.1, -0.05) is 18.2 Å². The lowest BCUT2D eigenvalue weighted by atomic mass is 10.1. The molecule has 1 aliphatic rings. The fourth-order valence-corrected chi connectivity index (χ4v) is 3.37. The van der Waals surface area contributed by atoms with Crippen LogP contribution in [0.15, 0.2) is 47.5 Å². The zero-order chi connectivity index (χ0) is 14.2. The van der Waals surface area contributed by atoms with Crippen LogP contribution in [0.2, 0.25) is 0 Å². The molecule has 0 aliphatic carbocycles. The number of aromatic nitrogens is 3. The van der Waals surface area contributed by atoms with E-state index in [4.69, 9.17) is 4.98 Å². The molecule has 1 aromatic carbocycles. The molecule has 3 aromatic rings. The molecule has 21 heavy (non-hydrogen) atoms. The zero-order valence-corrected chi connectivity index (χ0v) is 13.1. The predicted octanol–water partition coefficient (Wildman–Crippen LogP) is 3.97. The number of hydrogen-bond donors (Lipinski definition) is 0. The van der Waals surface area contributed by atoms with Crippen molar-refractivity contribution in [3.05, 3.63) is 53.0 Å². The minimum atomic E-state index is 0.824. The molecular weight excluding hydrogens is 328 g/mol. The van der Waals surface area contributed by atoms with Crippen molar-refractivity contribution in [3.63, 3.8) is 0 Å². The fourth-order valence-electron chi connectivity index (χ4n) is 2.98. The molecule has 0 bridgehead atoms. The van der Waals surface area contributed by atoms with E-state index in [0.29, 0.717) is 0 Å². The predicted molar refractivity (Wildman–Crippen MR) is 87.1 cm³/mol. The summed E-state index contributed by atoms with van der Waals surface area (Å²) < 4.78 is 2.84. The second kappa shape index (κ2) is 5.15. The van der Waals surface area contributed by atoms with Crippen LogP contribution in [0.25, 0.3) is 5.65 Å². The van der Waals surface area contributed by atoms with Crippen molar-refractivity contribution >= 4 is 33.1 Å². The van der Waals surface area contributed by atoms with E-state index in [0.717, 1.165) is 35.5 Å². The van der Waals surface area contributed by atoms with Gasteiger partial charge in [0.2, 0.25) is 0 Å². The lowest BCUT2D eigenvalue weighted by Gasteiger charge is -2.24. The first-order valence-electron chi connectivity index (χ1n) is 7.17. The summed E-state index contributed by atoms with van der Waals surface area (Å²) in [6.45, 7) is 0.975. The van der Waals surface area contributed by atoms with E-state index in [1.54, 1.807) is 0 Å². The number of rotatable bonds is 1. The van der Waals surface area contributed by atoms with Gasteiger partial charge in [-0.3, -0.25) is 0 Å². The second-order valence-electron chi connectivity index (χ2n) is 5.28. The van der Waals surface area contributed by atoms with E-state index in [-0.39, 0.29) is 0 Å². The first-order valence-corrected chi connectivity index (χ1v) is 7.97. The van der Waals surface area contributed by atoms with Gasteiger partial charge in [0.05, 0.1) is 0 Å². The quantitative estimate of drug-likeness (QED) is 0.670. The summed E-state index contributed by atoms with van der Waals surface area (Å²) >= 11 is 3.51. The molecule has 0 atom stereocenters. The standard InChI is InChI=1S/C16H15BrN4/c17-14-11-20-10-8-18-15(20)16(19-14)21-9-4-3-6-12-5-1-2-7-13(12)21/h1-2,5,7-8,10-11H,3-4,6,9H2. The van der Waals surface area contributed by atoms with Crippen molar-refractivity contribution in [1.82, 2.24) is 14.4 Å². The van der Waals surface area contributed by atoms with Crippen molar-refractivity contribution < 1.29 is 0 Å². The van der Waals surface area contributed by atoms with Crippen molar-refractivity contribution in [2.75, 3.05) is 11.4 Å². The Morgan fingerprint density at radius 2 is 2.05 bits per heavy atom. The third kappa shape index (κ3) is 2.21. The Balaban J connectivity index is 1.94. The van der Waals surface area contributed by atoms with Crippen LogP contribution in [-0.2, 0) is 6.42 Å². The third-order valence-electron chi connectivity index (χ3n) is 3.94. The molecule has 0 radical (unpaired) electrons. The van der Waals surface area contributed by atoms with Gasteiger partial charge in [0.15, 0.2) is 11.5 Å². The Morgan fingerprint density at radius 3 is 3.00 bits per heavy atom. The van der Waals surface area contributed by atoms with Crippen molar-refractivity contribution in [3.8, 4) is 0 Å². The summed E-state index contributed by atoms with van der Waals surface area (Å²) in [5.74, 6) is 0.920. The topological polar surface area (TPSA) is 33.4 Å². The van der Waals surface area contributed by atoms with Gasteiger partial charge in [0, 0.05) is 30.8 Å². The van der Waals surface area contributed by atoms with Crippen LogP contribution in [0.3, 0.4) is 0 Å². The number of halogens is 1. The first-order chi connectivity index (χ1) is 10.3. The Hall–Kier alpha value is -1.88. The minimum Gasteiger partial charge on any atom is -0.323 e. The number of para-hydroxylation sites is 1. The minimum absolute atomic E-state index is 0.824. The molecule has 5 heteroatoms. The van der Waals surface area contributed by atoms with Crippen molar-refractivity contribution in [2.24, 2.45) is 0 Å². The van der Waals surface area contributed by atoms with Gasteiger partial charge in [-0.25, -0.2) is 9.97 Å². The molecule has 0 fully saturated rings. The normalized spacial score (nSPS) is 15.0. The van der Waals surface area contributed by atoms with Gasteiger partial charge < -0.3 is 9.30 Å². The fraction of sp³-hybridized carbons (Fsp3) is 0.250. The van der Waals surface area contributed by atoms with E-state index in [9.17, 15) is 0 Å². The average Bonchev–Trinajstić information content (AvgIpc) is 2.85. The molecule has 3 heterocycles. The lowest BCUT2D eigenvalue weighted by Crippen LogP contribution is -2.20. The molecule has 4 rings (SSSR count). The molecule has 1 aliphatic heterocycles. The van der Waals surface area contributed by atoms with Gasteiger partial charge in [-0.15, -0.1) is 0 Å². The van der Waals surface area contributed by atoms with Gasteiger partial charge >= 0.3 is 0 Å². The number of benzene rings is 1. The van der Waals surface area contributed by atoms with Crippen LogP contribution in [-0.4, -0.2) is 20.9 Å². The molecule has 106 valence electrons. The highest BCUT2D eigenvalue weighted by Crippen LogP contribution is 2.33. The maximum atomic E-state index is 4.70. The summed E-state index contributed by atoms with van der Waals surface area (Å²) in [4.78, 5) is 11.5. The van der Waals surface area contributed by atoms with Crippen LogP contribution >= 0.6 is 15.9 Å². The van der Waals surface area contributed by atoms with Gasteiger partial charge in [-0.2, -0.15) is 0 Å². The highest BCUT2D eigenvalue weighted by Gasteiger charge is 2.20. The van der Waals surface area contributed by atoms with Crippen molar-refractivity contribution in [1.29, 1.82) is 0 Å². The van der Waals surface area contributed by atoms with Crippen LogP contribution in [0.1, 0.15) is 18.4 Å².